The SMILES string of the molecule is Cc1cc(NS(=O)(=O)C(C)CNC2CC2)ncc1Br. The Hall–Kier alpha value is -0.660. The van der Waals surface area contributed by atoms with Crippen LogP contribution in [0.5, 0.6) is 0 Å². The van der Waals surface area contributed by atoms with Gasteiger partial charge in [0.05, 0.1) is 5.25 Å². The largest absolute Gasteiger partial charge is 0.313 e. The first kappa shape index (κ1) is 14.7. The van der Waals surface area contributed by atoms with Crippen molar-refractivity contribution < 1.29 is 8.42 Å². The van der Waals surface area contributed by atoms with Gasteiger partial charge in [0.2, 0.25) is 10.0 Å². The van der Waals surface area contributed by atoms with Crippen molar-refractivity contribution in [3.63, 3.8) is 0 Å². The second-order valence-electron chi connectivity index (χ2n) is 4.96. The molecule has 0 bridgehead atoms. The van der Waals surface area contributed by atoms with Crippen LogP contribution in [0.25, 0.3) is 0 Å². The van der Waals surface area contributed by atoms with E-state index in [2.05, 4.69) is 31.0 Å². The predicted molar refractivity (Wildman–Crippen MR) is 79.7 cm³/mol. The molecule has 1 aromatic heterocycles. The fourth-order valence-electron chi connectivity index (χ4n) is 1.57. The fourth-order valence-corrected chi connectivity index (χ4v) is 2.71. The molecule has 1 aliphatic carbocycles. The molecule has 1 fully saturated rings. The highest BCUT2D eigenvalue weighted by atomic mass is 79.9. The Morgan fingerprint density at radius 2 is 2.21 bits per heavy atom. The lowest BCUT2D eigenvalue weighted by molar-refractivity contribution is 0.576. The van der Waals surface area contributed by atoms with Crippen LogP contribution in [-0.4, -0.2) is 31.2 Å². The highest BCUT2D eigenvalue weighted by molar-refractivity contribution is 9.10. The van der Waals surface area contributed by atoms with E-state index in [0.717, 1.165) is 22.9 Å². The van der Waals surface area contributed by atoms with Gasteiger partial charge >= 0.3 is 0 Å². The van der Waals surface area contributed by atoms with E-state index in [4.69, 9.17) is 0 Å². The van der Waals surface area contributed by atoms with Crippen molar-refractivity contribution in [1.29, 1.82) is 0 Å². The van der Waals surface area contributed by atoms with Gasteiger partial charge in [-0.05, 0) is 54.2 Å². The lowest BCUT2D eigenvalue weighted by Gasteiger charge is -2.15. The topological polar surface area (TPSA) is 71.1 Å². The Labute approximate surface area is 122 Å². The van der Waals surface area contributed by atoms with Crippen molar-refractivity contribution in [2.75, 3.05) is 11.3 Å². The van der Waals surface area contributed by atoms with Crippen molar-refractivity contribution in [3.05, 3.63) is 22.3 Å². The average molecular weight is 348 g/mol. The third kappa shape index (κ3) is 4.15. The molecule has 2 rings (SSSR count). The summed E-state index contributed by atoms with van der Waals surface area (Å²) in [6, 6.07) is 2.22. The van der Waals surface area contributed by atoms with Crippen LogP contribution < -0.4 is 10.0 Å². The zero-order valence-electron chi connectivity index (χ0n) is 11.0. The number of nitrogens with one attached hydrogen (secondary N) is 2. The van der Waals surface area contributed by atoms with Gasteiger partial charge in [-0.3, -0.25) is 4.72 Å². The average Bonchev–Trinajstić information content (AvgIpc) is 3.14. The van der Waals surface area contributed by atoms with Crippen molar-refractivity contribution in [2.24, 2.45) is 0 Å². The van der Waals surface area contributed by atoms with E-state index in [1.807, 2.05) is 6.92 Å². The number of anilines is 1. The maximum atomic E-state index is 12.1. The van der Waals surface area contributed by atoms with Gasteiger partial charge in [0, 0.05) is 23.3 Å². The van der Waals surface area contributed by atoms with Gasteiger partial charge in [-0.2, -0.15) is 0 Å². The van der Waals surface area contributed by atoms with Crippen molar-refractivity contribution in [2.45, 2.75) is 38.0 Å². The summed E-state index contributed by atoms with van der Waals surface area (Å²) in [7, 11) is -3.40. The number of rotatable bonds is 6. The molecule has 0 spiro atoms. The van der Waals surface area contributed by atoms with E-state index < -0.39 is 15.3 Å². The number of hydrogen-bond acceptors (Lipinski definition) is 4. The molecule has 0 amide bonds. The summed E-state index contributed by atoms with van der Waals surface area (Å²) in [6.45, 7) is 4.06. The summed E-state index contributed by atoms with van der Waals surface area (Å²) in [5, 5.41) is 2.73. The standard InChI is InChI=1S/C12H18BrN3O2S/c1-8-5-12(15-7-11(8)13)16-19(17,18)9(2)6-14-10-3-4-10/h5,7,9-10,14H,3-4,6H2,1-2H3,(H,15,16). The molecule has 0 radical (unpaired) electrons. The predicted octanol–water partition coefficient (Wildman–Crippen LogP) is 2.03. The smallest absolute Gasteiger partial charge is 0.237 e. The van der Waals surface area contributed by atoms with Gasteiger partial charge in [0.25, 0.3) is 0 Å². The second-order valence-corrected chi connectivity index (χ2v) is 7.91. The number of aryl methyl sites for hydroxylation is 1. The lowest BCUT2D eigenvalue weighted by Crippen LogP contribution is -2.35. The van der Waals surface area contributed by atoms with Crippen LogP contribution in [0.4, 0.5) is 5.82 Å². The second kappa shape index (κ2) is 5.76. The number of nitrogens with zero attached hydrogens (tertiary/aromatic N) is 1. The number of hydrogen-bond donors (Lipinski definition) is 2. The number of pyridine rings is 1. The molecule has 5 nitrogen and oxygen atoms in total. The highest BCUT2D eigenvalue weighted by Gasteiger charge is 2.26. The number of halogens is 1. The summed E-state index contributed by atoms with van der Waals surface area (Å²) >= 11 is 3.34. The molecule has 1 aliphatic rings. The van der Waals surface area contributed by atoms with E-state index >= 15 is 0 Å². The Kier molecular flexibility index (Phi) is 4.47. The van der Waals surface area contributed by atoms with Gasteiger partial charge < -0.3 is 5.32 Å². The molecule has 1 atom stereocenters. The molecule has 2 N–H and O–H groups in total. The molecular formula is C12H18BrN3O2S. The van der Waals surface area contributed by atoms with E-state index in [1.165, 1.54) is 0 Å². The molecule has 1 heterocycles. The minimum atomic E-state index is -3.40. The van der Waals surface area contributed by atoms with Crippen LogP contribution in [0.15, 0.2) is 16.7 Å². The fraction of sp³-hybridized carbons (Fsp3) is 0.583. The molecule has 7 heteroatoms. The Morgan fingerprint density at radius 1 is 1.53 bits per heavy atom. The van der Waals surface area contributed by atoms with Gasteiger partial charge in [-0.1, -0.05) is 0 Å². The number of aromatic nitrogens is 1. The molecule has 1 saturated carbocycles. The quantitative estimate of drug-likeness (QED) is 0.825. The first-order valence-corrected chi connectivity index (χ1v) is 8.59. The van der Waals surface area contributed by atoms with Gasteiger partial charge in [-0.25, -0.2) is 13.4 Å². The monoisotopic (exact) mass is 347 g/mol. The van der Waals surface area contributed by atoms with E-state index in [9.17, 15) is 8.42 Å². The molecule has 1 unspecified atom stereocenters. The van der Waals surface area contributed by atoms with E-state index in [1.54, 1.807) is 19.2 Å². The highest BCUT2D eigenvalue weighted by Crippen LogP contribution is 2.20. The first-order valence-electron chi connectivity index (χ1n) is 6.25. The van der Waals surface area contributed by atoms with Crippen molar-refractivity contribution in [1.82, 2.24) is 10.3 Å². The summed E-state index contributed by atoms with van der Waals surface area (Å²) in [4.78, 5) is 4.06. The normalized spacial score (nSPS) is 17.2. The van der Waals surface area contributed by atoms with Gasteiger partial charge in [0.1, 0.15) is 5.82 Å². The van der Waals surface area contributed by atoms with Crippen LogP contribution in [0.1, 0.15) is 25.3 Å². The lowest BCUT2D eigenvalue weighted by atomic mass is 10.3. The summed E-state index contributed by atoms with van der Waals surface area (Å²) in [6.07, 6.45) is 3.89. The zero-order valence-corrected chi connectivity index (χ0v) is 13.4. The maximum Gasteiger partial charge on any atom is 0.237 e. The minimum absolute atomic E-state index is 0.360. The van der Waals surface area contributed by atoms with Crippen LogP contribution in [0, 0.1) is 6.92 Å². The van der Waals surface area contributed by atoms with Gasteiger partial charge in [-0.15, -0.1) is 0 Å². The minimum Gasteiger partial charge on any atom is -0.313 e. The van der Waals surface area contributed by atoms with E-state index in [-0.39, 0.29) is 0 Å². The van der Waals surface area contributed by atoms with Crippen LogP contribution in [0.3, 0.4) is 0 Å². The van der Waals surface area contributed by atoms with Crippen molar-refractivity contribution in [3.8, 4) is 0 Å². The molecule has 19 heavy (non-hydrogen) atoms. The van der Waals surface area contributed by atoms with Crippen LogP contribution in [-0.2, 0) is 10.0 Å². The molecule has 0 saturated heterocycles. The summed E-state index contributed by atoms with van der Waals surface area (Å²) in [5.41, 5.74) is 0.941. The van der Waals surface area contributed by atoms with E-state index in [0.29, 0.717) is 18.4 Å². The van der Waals surface area contributed by atoms with Gasteiger partial charge in [0.15, 0.2) is 0 Å². The van der Waals surface area contributed by atoms with Crippen LogP contribution >= 0.6 is 15.9 Å². The maximum absolute atomic E-state index is 12.1. The Morgan fingerprint density at radius 3 is 2.79 bits per heavy atom. The summed E-state index contributed by atoms with van der Waals surface area (Å²) < 4.78 is 27.6. The van der Waals surface area contributed by atoms with Crippen LogP contribution in [0.2, 0.25) is 0 Å². The Balaban J connectivity index is 2.00. The third-order valence-corrected chi connectivity index (χ3v) is 5.64. The first-order chi connectivity index (χ1) is 8.88. The number of sulfonamides is 1. The molecule has 106 valence electrons. The zero-order chi connectivity index (χ0) is 14.0. The Bertz CT molecular complexity index is 558. The molecule has 1 aromatic rings. The molecule has 0 aromatic carbocycles. The molecule has 0 aliphatic heterocycles. The van der Waals surface area contributed by atoms with Crippen molar-refractivity contribution >= 4 is 31.8 Å². The third-order valence-electron chi connectivity index (χ3n) is 3.09. The molecular weight excluding hydrogens is 330 g/mol. The summed E-state index contributed by atoms with van der Waals surface area (Å²) in [5.74, 6) is 0.360.